The Morgan fingerprint density at radius 2 is 1.30 bits per heavy atom. The quantitative estimate of drug-likeness (QED) is 0.118. The van der Waals surface area contributed by atoms with Gasteiger partial charge < -0.3 is 4.74 Å². The normalized spacial score (nSPS) is 19.9. The van der Waals surface area contributed by atoms with E-state index in [0.717, 1.165) is 31.4 Å². The van der Waals surface area contributed by atoms with Crippen molar-refractivity contribution in [1.29, 1.82) is 0 Å². The van der Waals surface area contributed by atoms with E-state index >= 15 is 13.2 Å². The average molecular weight is 675 g/mol. The summed E-state index contributed by atoms with van der Waals surface area (Å²) in [6.45, 7) is 2.04. The van der Waals surface area contributed by atoms with E-state index in [9.17, 15) is 30.7 Å². The zero-order valence-electron chi connectivity index (χ0n) is 25.9. The second-order valence-corrected chi connectivity index (χ2v) is 12.9. The van der Waals surface area contributed by atoms with Gasteiger partial charge in [0, 0.05) is 11.1 Å². The largest absolute Gasteiger partial charge is 0.573 e. The van der Waals surface area contributed by atoms with E-state index in [1.807, 2.05) is 6.92 Å². The Kier molecular flexibility index (Phi) is 10.8. The van der Waals surface area contributed by atoms with Gasteiger partial charge in [-0.05, 0) is 135 Å². The summed E-state index contributed by atoms with van der Waals surface area (Å²) < 4.78 is 146. The van der Waals surface area contributed by atoms with E-state index in [4.69, 9.17) is 0 Å². The van der Waals surface area contributed by atoms with Crippen LogP contribution in [-0.2, 0) is 25.7 Å². The first kappa shape index (κ1) is 35.1. The van der Waals surface area contributed by atoms with E-state index in [1.54, 1.807) is 0 Å². The predicted molar refractivity (Wildman–Crippen MR) is 157 cm³/mol. The maximum Gasteiger partial charge on any atom is 0.573 e. The Labute approximate surface area is 267 Å². The molecule has 0 N–H and O–H groups in total. The fourth-order valence-electron chi connectivity index (χ4n) is 7.30. The fourth-order valence-corrected chi connectivity index (χ4v) is 7.30. The lowest BCUT2D eigenvalue weighted by Crippen LogP contribution is -2.23. The van der Waals surface area contributed by atoms with Crippen molar-refractivity contribution in [3.8, 4) is 5.75 Å². The lowest BCUT2D eigenvalue weighted by atomic mass is 9.73. The molecule has 256 valence electrons. The van der Waals surface area contributed by atoms with Gasteiger partial charge >= 0.3 is 6.36 Å². The summed E-state index contributed by atoms with van der Waals surface area (Å²) in [5.74, 6) is -10.5. The molecule has 2 aliphatic carbocycles. The summed E-state index contributed by atoms with van der Waals surface area (Å²) in [5.41, 5.74) is 0.308. The molecule has 3 aromatic carbocycles. The van der Waals surface area contributed by atoms with E-state index < -0.39 is 64.7 Å². The second-order valence-electron chi connectivity index (χ2n) is 12.9. The Morgan fingerprint density at radius 1 is 0.681 bits per heavy atom. The van der Waals surface area contributed by atoms with Gasteiger partial charge in [-0.3, -0.25) is 0 Å². The number of aryl methyl sites for hydroxylation is 1. The van der Waals surface area contributed by atoms with Crippen LogP contribution < -0.4 is 4.74 Å². The van der Waals surface area contributed by atoms with E-state index in [2.05, 4.69) is 4.74 Å². The van der Waals surface area contributed by atoms with Crippen molar-refractivity contribution in [3.63, 3.8) is 0 Å². The molecule has 0 saturated heterocycles. The van der Waals surface area contributed by atoms with Gasteiger partial charge in [0.15, 0.2) is 23.3 Å². The van der Waals surface area contributed by atoms with Crippen LogP contribution in [0.4, 0.5) is 43.9 Å². The van der Waals surface area contributed by atoms with Gasteiger partial charge in [0.2, 0.25) is 5.75 Å². The van der Waals surface area contributed by atoms with E-state index in [0.29, 0.717) is 24.8 Å². The van der Waals surface area contributed by atoms with Crippen LogP contribution in [0.2, 0.25) is 0 Å². The smallest absolute Gasteiger partial charge is 0.399 e. The number of halogens is 10. The van der Waals surface area contributed by atoms with Crippen molar-refractivity contribution < 1.29 is 48.6 Å². The predicted octanol–water partition coefficient (Wildman–Crippen LogP) is 11.5. The summed E-state index contributed by atoms with van der Waals surface area (Å²) in [6.07, 6.45) is -0.141. The number of rotatable bonds is 10. The van der Waals surface area contributed by atoms with E-state index in [-0.39, 0.29) is 78.7 Å². The molecule has 1 unspecified atom stereocenters. The maximum absolute atomic E-state index is 15.8. The summed E-state index contributed by atoms with van der Waals surface area (Å²) in [6, 6.07) is 4.22. The lowest BCUT2D eigenvalue weighted by molar-refractivity contribution is -0.276. The summed E-state index contributed by atoms with van der Waals surface area (Å²) in [4.78, 5) is 0. The molecular formula is C36H36F10O. The summed E-state index contributed by atoms with van der Waals surface area (Å²) in [5, 5.41) is 0. The minimum atomic E-state index is -5.28. The molecule has 0 aromatic heterocycles. The first-order valence-electron chi connectivity index (χ1n) is 16.2. The number of hydrogen-bond donors (Lipinski definition) is 0. The molecule has 1 fully saturated rings. The number of ether oxygens (including phenoxy) is 1. The minimum Gasteiger partial charge on any atom is -0.399 e. The van der Waals surface area contributed by atoms with Crippen LogP contribution in [0.3, 0.4) is 0 Å². The van der Waals surface area contributed by atoms with Crippen LogP contribution in [0.25, 0.3) is 0 Å². The number of unbranched alkanes of at least 4 members (excludes halogenated alkanes) is 2. The highest BCUT2D eigenvalue weighted by atomic mass is 19.4. The Bertz CT molecular complexity index is 1540. The molecule has 0 heterocycles. The van der Waals surface area contributed by atoms with Crippen molar-refractivity contribution in [2.75, 3.05) is 0 Å². The summed E-state index contributed by atoms with van der Waals surface area (Å²) >= 11 is 0. The highest BCUT2D eigenvalue weighted by molar-refractivity contribution is 5.41. The third-order valence-corrected chi connectivity index (χ3v) is 9.77. The minimum absolute atomic E-state index is 0.0333. The number of hydrogen-bond acceptors (Lipinski definition) is 1. The molecular weight excluding hydrogens is 638 g/mol. The third-order valence-electron chi connectivity index (χ3n) is 9.77. The van der Waals surface area contributed by atoms with Gasteiger partial charge in [0.05, 0.1) is 0 Å². The van der Waals surface area contributed by atoms with Gasteiger partial charge in [-0.2, -0.15) is 0 Å². The average Bonchev–Trinajstić information content (AvgIpc) is 3.01. The van der Waals surface area contributed by atoms with Gasteiger partial charge in [0.25, 0.3) is 0 Å². The molecule has 0 spiro atoms. The Hall–Kier alpha value is -3.24. The molecule has 47 heavy (non-hydrogen) atoms. The SMILES string of the molecule is CCCCCc1cc(F)c(CCC2CCc3c(F)c(C4CCC(c5cc(F)c(OC(F)(F)F)c(F)c5)CC4)c(F)c(F)c3C2)c(F)c1. The molecule has 1 nitrogen and oxygen atoms in total. The molecule has 1 saturated carbocycles. The van der Waals surface area contributed by atoms with E-state index in [1.165, 1.54) is 12.1 Å². The first-order chi connectivity index (χ1) is 22.3. The van der Waals surface area contributed by atoms with Crippen molar-refractivity contribution in [2.45, 2.75) is 109 Å². The zero-order valence-corrected chi connectivity index (χ0v) is 25.9. The van der Waals surface area contributed by atoms with Crippen molar-refractivity contribution in [1.82, 2.24) is 0 Å². The third kappa shape index (κ3) is 7.91. The molecule has 11 heteroatoms. The van der Waals surface area contributed by atoms with Gasteiger partial charge in [-0.15, -0.1) is 13.2 Å². The van der Waals surface area contributed by atoms with Gasteiger partial charge in [-0.1, -0.05) is 19.8 Å². The molecule has 5 rings (SSSR count). The summed E-state index contributed by atoms with van der Waals surface area (Å²) in [7, 11) is 0. The fraction of sp³-hybridized carbons (Fsp3) is 0.500. The van der Waals surface area contributed by atoms with Gasteiger partial charge in [-0.25, -0.2) is 30.7 Å². The highest BCUT2D eigenvalue weighted by Gasteiger charge is 2.37. The molecule has 0 radical (unpaired) electrons. The maximum atomic E-state index is 15.8. The molecule has 3 aromatic rings. The monoisotopic (exact) mass is 674 g/mol. The Morgan fingerprint density at radius 3 is 1.89 bits per heavy atom. The van der Waals surface area contributed by atoms with Crippen molar-refractivity contribution >= 4 is 0 Å². The topological polar surface area (TPSA) is 9.23 Å². The zero-order chi connectivity index (χ0) is 34.0. The second kappa shape index (κ2) is 14.5. The van der Waals surface area contributed by atoms with Crippen LogP contribution in [0.5, 0.6) is 5.75 Å². The lowest BCUT2D eigenvalue weighted by Gasteiger charge is -2.32. The molecule has 1 atom stereocenters. The van der Waals surface area contributed by atoms with Crippen LogP contribution in [0.15, 0.2) is 24.3 Å². The molecule has 0 aliphatic heterocycles. The highest BCUT2D eigenvalue weighted by Crippen LogP contribution is 2.45. The number of fused-ring (bicyclic) bond motifs is 1. The van der Waals surface area contributed by atoms with Crippen LogP contribution in [-0.4, -0.2) is 6.36 Å². The van der Waals surface area contributed by atoms with Crippen molar-refractivity contribution in [2.24, 2.45) is 5.92 Å². The standard InChI is InChI=1S/C36H36F10O/c1-2-3-4-5-20-15-27(37)25(28(38)16-20)13-7-19-6-12-24-26(14-19)33(42)34(43)31(32(24)41)22-10-8-21(9-11-22)23-17-29(39)35(30(40)18-23)47-36(44,45)46/h15-19,21-22H,2-14H2,1H3. The number of alkyl halides is 3. The van der Waals surface area contributed by atoms with Gasteiger partial charge in [0.1, 0.15) is 17.5 Å². The molecule has 2 aliphatic rings. The number of benzene rings is 3. The first-order valence-corrected chi connectivity index (χ1v) is 16.2. The van der Waals surface area contributed by atoms with Crippen LogP contribution >= 0.6 is 0 Å². The molecule has 0 amide bonds. The Balaban J connectivity index is 1.24. The van der Waals surface area contributed by atoms with Crippen LogP contribution in [0, 0.1) is 46.6 Å². The van der Waals surface area contributed by atoms with Crippen LogP contribution in [0.1, 0.15) is 110 Å². The van der Waals surface area contributed by atoms with Crippen molar-refractivity contribution in [3.05, 3.63) is 98.4 Å². The molecule has 0 bridgehead atoms.